The van der Waals surface area contributed by atoms with Crippen molar-refractivity contribution in [2.24, 2.45) is 0 Å². The van der Waals surface area contributed by atoms with E-state index in [0.717, 1.165) is 36.8 Å². The van der Waals surface area contributed by atoms with Crippen molar-refractivity contribution in [3.63, 3.8) is 0 Å². The van der Waals surface area contributed by atoms with Crippen LogP contribution in [0, 0.1) is 0 Å². The van der Waals surface area contributed by atoms with Crippen LogP contribution in [0.5, 0.6) is 0 Å². The molecule has 3 heteroatoms. The van der Waals surface area contributed by atoms with Crippen LogP contribution in [0.15, 0.2) is 60.7 Å². The van der Waals surface area contributed by atoms with Gasteiger partial charge in [-0.2, -0.15) is 0 Å². The maximum absolute atomic E-state index is 11.3. The molecule has 1 aliphatic heterocycles. The summed E-state index contributed by atoms with van der Waals surface area (Å²) < 4.78 is 13.0. The van der Waals surface area contributed by atoms with Crippen molar-refractivity contribution in [1.82, 2.24) is 0 Å². The lowest BCUT2D eigenvalue weighted by Crippen LogP contribution is -2.36. The fourth-order valence-corrected chi connectivity index (χ4v) is 4.11. The third-order valence-corrected chi connectivity index (χ3v) is 5.45. The van der Waals surface area contributed by atoms with Crippen molar-refractivity contribution in [2.75, 3.05) is 0 Å². The highest BCUT2D eigenvalue weighted by molar-refractivity contribution is 5.28. The zero-order valence-electron chi connectivity index (χ0n) is 14.5. The second-order valence-corrected chi connectivity index (χ2v) is 7.15. The van der Waals surface area contributed by atoms with Crippen molar-refractivity contribution in [3.05, 3.63) is 71.8 Å². The Balaban J connectivity index is 1.73. The SMILES string of the molecule is OC(c1ccccc1)C1(c2ccccc2)OC2CCCCCC[C@H]2O1. The van der Waals surface area contributed by atoms with E-state index in [9.17, 15) is 5.11 Å². The summed E-state index contributed by atoms with van der Waals surface area (Å²) >= 11 is 0. The van der Waals surface area contributed by atoms with E-state index in [0.29, 0.717) is 0 Å². The molecule has 1 saturated heterocycles. The minimum Gasteiger partial charge on any atom is -0.382 e. The number of rotatable bonds is 3. The summed E-state index contributed by atoms with van der Waals surface area (Å²) in [6.45, 7) is 0. The molecular formula is C22H26O3. The van der Waals surface area contributed by atoms with Crippen molar-refractivity contribution < 1.29 is 14.6 Å². The molecule has 4 rings (SSSR count). The second-order valence-electron chi connectivity index (χ2n) is 7.15. The molecule has 0 bridgehead atoms. The van der Waals surface area contributed by atoms with Crippen LogP contribution in [0.1, 0.15) is 55.8 Å². The van der Waals surface area contributed by atoms with Gasteiger partial charge in [0.05, 0.1) is 12.2 Å². The van der Waals surface area contributed by atoms with Gasteiger partial charge in [-0.15, -0.1) is 0 Å². The summed E-state index contributed by atoms with van der Waals surface area (Å²) in [6.07, 6.45) is 6.09. The molecular weight excluding hydrogens is 312 g/mol. The van der Waals surface area contributed by atoms with E-state index in [1.165, 1.54) is 12.8 Å². The van der Waals surface area contributed by atoms with Gasteiger partial charge in [0.1, 0.15) is 6.10 Å². The van der Waals surface area contributed by atoms with Gasteiger partial charge in [-0.3, -0.25) is 0 Å². The van der Waals surface area contributed by atoms with Gasteiger partial charge in [-0.05, 0) is 18.4 Å². The highest BCUT2D eigenvalue weighted by atomic mass is 16.8. The van der Waals surface area contributed by atoms with Crippen LogP contribution in [-0.4, -0.2) is 17.3 Å². The Morgan fingerprint density at radius 2 is 1.28 bits per heavy atom. The first kappa shape index (κ1) is 16.8. The predicted octanol–water partition coefficient (Wildman–Crippen LogP) is 4.71. The molecule has 2 fully saturated rings. The van der Waals surface area contributed by atoms with Gasteiger partial charge in [0.15, 0.2) is 0 Å². The van der Waals surface area contributed by atoms with Crippen LogP contribution < -0.4 is 0 Å². The summed E-state index contributed by atoms with van der Waals surface area (Å²) in [5.41, 5.74) is 1.71. The number of benzene rings is 2. The first-order valence-corrected chi connectivity index (χ1v) is 9.44. The average Bonchev–Trinajstić information content (AvgIpc) is 3.01. The van der Waals surface area contributed by atoms with Gasteiger partial charge in [0, 0.05) is 5.56 Å². The topological polar surface area (TPSA) is 38.7 Å². The average molecular weight is 338 g/mol. The quantitative estimate of drug-likeness (QED) is 0.881. The van der Waals surface area contributed by atoms with Crippen LogP contribution in [0.3, 0.4) is 0 Å². The van der Waals surface area contributed by atoms with Crippen LogP contribution in [0.2, 0.25) is 0 Å². The molecule has 132 valence electrons. The molecule has 0 amide bonds. The van der Waals surface area contributed by atoms with E-state index < -0.39 is 11.9 Å². The van der Waals surface area contributed by atoms with Crippen LogP contribution in [-0.2, 0) is 15.3 Å². The number of ether oxygens (including phenoxy) is 2. The first-order chi connectivity index (χ1) is 12.3. The molecule has 3 unspecified atom stereocenters. The van der Waals surface area contributed by atoms with Gasteiger partial charge in [-0.25, -0.2) is 0 Å². The molecule has 2 aromatic rings. The summed E-state index contributed by atoms with van der Waals surface area (Å²) in [5, 5.41) is 11.3. The van der Waals surface area contributed by atoms with Gasteiger partial charge < -0.3 is 14.6 Å². The smallest absolute Gasteiger partial charge is 0.226 e. The minimum absolute atomic E-state index is 0.0545. The van der Waals surface area contributed by atoms with Crippen molar-refractivity contribution in [1.29, 1.82) is 0 Å². The van der Waals surface area contributed by atoms with Gasteiger partial charge in [0.25, 0.3) is 0 Å². The normalized spacial score (nSPS) is 30.9. The minimum atomic E-state index is -1.12. The molecule has 0 radical (unpaired) electrons. The Labute approximate surface area is 149 Å². The third-order valence-electron chi connectivity index (χ3n) is 5.45. The number of hydrogen-bond donors (Lipinski definition) is 1. The highest BCUT2D eigenvalue weighted by Crippen LogP contribution is 2.48. The predicted molar refractivity (Wildman–Crippen MR) is 97.0 cm³/mol. The number of fused-ring (bicyclic) bond motifs is 1. The fourth-order valence-electron chi connectivity index (χ4n) is 4.11. The summed E-state index contributed by atoms with van der Waals surface area (Å²) in [5.74, 6) is -1.12. The Morgan fingerprint density at radius 1 is 0.760 bits per heavy atom. The van der Waals surface area contributed by atoms with Crippen molar-refractivity contribution in [2.45, 2.75) is 62.6 Å². The van der Waals surface area contributed by atoms with Gasteiger partial charge >= 0.3 is 0 Å². The Kier molecular flexibility index (Phi) is 4.89. The molecule has 1 N–H and O–H groups in total. The largest absolute Gasteiger partial charge is 0.382 e. The van der Waals surface area contributed by atoms with Crippen LogP contribution in [0.25, 0.3) is 0 Å². The molecule has 4 atom stereocenters. The zero-order chi connectivity index (χ0) is 17.1. The zero-order valence-corrected chi connectivity index (χ0v) is 14.5. The summed E-state index contributed by atoms with van der Waals surface area (Å²) in [6, 6.07) is 19.6. The van der Waals surface area contributed by atoms with E-state index in [1.54, 1.807) is 0 Å². The number of aliphatic hydroxyl groups is 1. The molecule has 0 aromatic heterocycles. The van der Waals surface area contributed by atoms with Crippen LogP contribution >= 0.6 is 0 Å². The number of aliphatic hydroxyl groups excluding tert-OH is 1. The maximum atomic E-state index is 11.3. The van der Waals surface area contributed by atoms with E-state index in [4.69, 9.17) is 9.47 Å². The second kappa shape index (κ2) is 7.28. The van der Waals surface area contributed by atoms with Crippen LogP contribution in [0.4, 0.5) is 0 Å². The lowest BCUT2D eigenvalue weighted by Gasteiger charge is -2.34. The fraction of sp³-hybridized carbons (Fsp3) is 0.455. The van der Waals surface area contributed by atoms with Gasteiger partial charge in [-0.1, -0.05) is 86.3 Å². The molecule has 1 heterocycles. The van der Waals surface area contributed by atoms with Crippen molar-refractivity contribution in [3.8, 4) is 0 Å². The maximum Gasteiger partial charge on any atom is 0.226 e. The number of hydrogen-bond acceptors (Lipinski definition) is 3. The van der Waals surface area contributed by atoms with E-state index in [-0.39, 0.29) is 12.2 Å². The lowest BCUT2D eigenvalue weighted by atomic mass is 9.94. The van der Waals surface area contributed by atoms with Crippen molar-refractivity contribution >= 4 is 0 Å². The molecule has 1 saturated carbocycles. The highest BCUT2D eigenvalue weighted by Gasteiger charge is 2.53. The Morgan fingerprint density at radius 3 is 1.84 bits per heavy atom. The molecule has 25 heavy (non-hydrogen) atoms. The van der Waals surface area contributed by atoms with Gasteiger partial charge in [0.2, 0.25) is 5.79 Å². The molecule has 2 aliphatic rings. The molecule has 0 spiro atoms. The molecule has 3 nitrogen and oxygen atoms in total. The Hall–Kier alpha value is -1.68. The summed E-state index contributed by atoms with van der Waals surface area (Å²) in [4.78, 5) is 0. The van der Waals surface area contributed by atoms with E-state index >= 15 is 0 Å². The van der Waals surface area contributed by atoms with E-state index in [2.05, 4.69) is 0 Å². The standard InChI is InChI=1S/C22H26O3/c23-21(17-11-5-3-6-12-17)22(18-13-7-4-8-14-18)24-19-15-9-1-2-10-16-20(19)25-22/h3-8,11-14,19-21,23H,1-2,9-10,15-16H2/t19-,20?,21?,22?/m1/s1. The molecule has 2 aromatic carbocycles. The first-order valence-electron chi connectivity index (χ1n) is 9.44. The summed E-state index contributed by atoms with van der Waals surface area (Å²) in [7, 11) is 0. The Bertz CT molecular complexity index is 654. The molecule has 1 aliphatic carbocycles. The monoisotopic (exact) mass is 338 g/mol. The lowest BCUT2D eigenvalue weighted by molar-refractivity contribution is -0.247. The van der Waals surface area contributed by atoms with E-state index in [1.807, 2.05) is 60.7 Å². The third kappa shape index (κ3) is 3.24.